The van der Waals surface area contributed by atoms with Gasteiger partial charge in [-0.25, -0.2) is 4.98 Å². The van der Waals surface area contributed by atoms with Crippen LogP contribution in [0.2, 0.25) is 0 Å². The van der Waals surface area contributed by atoms with E-state index < -0.39 is 0 Å². The molecule has 0 bridgehead atoms. The van der Waals surface area contributed by atoms with Crippen molar-refractivity contribution in [1.29, 1.82) is 0 Å². The van der Waals surface area contributed by atoms with Crippen LogP contribution in [0.4, 0.5) is 0 Å². The maximum absolute atomic E-state index is 4.68. The van der Waals surface area contributed by atoms with Crippen molar-refractivity contribution in [3.8, 4) is 0 Å². The number of thiazole rings is 1. The first-order valence-corrected chi connectivity index (χ1v) is 8.02. The van der Waals surface area contributed by atoms with Gasteiger partial charge in [0.2, 0.25) is 0 Å². The zero-order valence-corrected chi connectivity index (χ0v) is 11.8. The van der Waals surface area contributed by atoms with Crippen molar-refractivity contribution in [2.45, 2.75) is 37.9 Å². The Hall–Kier alpha value is -0.970. The molecule has 2 fully saturated rings. The molecule has 1 aliphatic carbocycles. The van der Waals surface area contributed by atoms with Gasteiger partial charge in [-0.2, -0.15) is 0 Å². The summed E-state index contributed by atoms with van der Waals surface area (Å²) in [5.74, 6) is 0. The lowest BCUT2D eigenvalue weighted by Crippen LogP contribution is -2.32. The molecule has 0 amide bonds. The number of nitrogens with zero attached hydrogens (tertiary/aromatic N) is 2. The Morgan fingerprint density at radius 2 is 2.16 bits per heavy atom. The van der Waals surface area contributed by atoms with Gasteiger partial charge in [-0.3, -0.25) is 4.90 Å². The smallest absolute Gasteiger partial charge is 0.108 e. The molecule has 1 aliphatic heterocycles. The summed E-state index contributed by atoms with van der Waals surface area (Å²) in [6, 6.07) is 9.97. The normalized spacial score (nSPS) is 24.3. The minimum atomic E-state index is 0.660. The molecule has 4 rings (SSSR count). The Balaban J connectivity index is 1.36. The van der Waals surface area contributed by atoms with Gasteiger partial charge in [0.1, 0.15) is 5.01 Å². The van der Waals surface area contributed by atoms with Crippen molar-refractivity contribution in [3.63, 3.8) is 0 Å². The van der Waals surface area contributed by atoms with Crippen LogP contribution in [0.5, 0.6) is 0 Å². The summed E-state index contributed by atoms with van der Waals surface area (Å²) < 4.78 is 1.30. The number of hydrogen-bond acceptors (Lipinski definition) is 4. The summed E-state index contributed by atoms with van der Waals surface area (Å²) in [4.78, 5) is 7.33. The van der Waals surface area contributed by atoms with Gasteiger partial charge in [0.25, 0.3) is 0 Å². The van der Waals surface area contributed by atoms with Crippen LogP contribution >= 0.6 is 11.3 Å². The molecule has 0 radical (unpaired) electrons. The predicted molar refractivity (Wildman–Crippen MR) is 79.5 cm³/mol. The molecule has 3 nitrogen and oxygen atoms in total. The van der Waals surface area contributed by atoms with Crippen LogP contribution in [-0.2, 0) is 6.54 Å². The second-order valence-electron chi connectivity index (χ2n) is 5.67. The lowest BCUT2D eigenvalue weighted by Gasteiger charge is -2.15. The van der Waals surface area contributed by atoms with Crippen molar-refractivity contribution in [1.82, 2.24) is 15.2 Å². The summed E-state index contributed by atoms with van der Waals surface area (Å²) in [5.41, 5.74) is 1.13. The maximum atomic E-state index is 4.68. The molecular weight excluding hydrogens is 254 g/mol. The van der Waals surface area contributed by atoms with Gasteiger partial charge >= 0.3 is 0 Å². The highest BCUT2D eigenvalue weighted by molar-refractivity contribution is 7.18. The van der Waals surface area contributed by atoms with Gasteiger partial charge in [-0.1, -0.05) is 12.1 Å². The monoisotopic (exact) mass is 273 g/mol. The lowest BCUT2D eigenvalue weighted by molar-refractivity contribution is 0.317. The molecule has 1 aromatic heterocycles. The van der Waals surface area contributed by atoms with E-state index >= 15 is 0 Å². The third kappa shape index (κ3) is 2.53. The lowest BCUT2D eigenvalue weighted by atomic mass is 10.2. The number of nitrogens with one attached hydrogen (secondary N) is 1. The van der Waals surface area contributed by atoms with Crippen molar-refractivity contribution in [3.05, 3.63) is 29.3 Å². The molecule has 1 saturated heterocycles. The molecular formula is C15H19N3S. The minimum Gasteiger partial charge on any atom is -0.306 e. The molecule has 1 aromatic carbocycles. The van der Waals surface area contributed by atoms with E-state index in [0.717, 1.165) is 18.1 Å². The Morgan fingerprint density at radius 3 is 3.00 bits per heavy atom. The topological polar surface area (TPSA) is 28.2 Å². The number of likely N-dealkylation sites (tertiary alicyclic amines) is 1. The summed E-state index contributed by atoms with van der Waals surface area (Å²) in [5, 5.41) is 4.89. The van der Waals surface area contributed by atoms with Gasteiger partial charge in [0, 0.05) is 31.7 Å². The van der Waals surface area contributed by atoms with Crippen molar-refractivity contribution in [2.75, 3.05) is 13.1 Å². The number of benzene rings is 1. The molecule has 2 heterocycles. The minimum absolute atomic E-state index is 0.660. The summed E-state index contributed by atoms with van der Waals surface area (Å²) >= 11 is 1.81. The highest BCUT2D eigenvalue weighted by Crippen LogP contribution is 2.30. The van der Waals surface area contributed by atoms with E-state index in [2.05, 4.69) is 39.5 Å². The van der Waals surface area contributed by atoms with Crippen LogP contribution < -0.4 is 5.32 Å². The van der Waals surface area contributed by atoms with E-state index in [1.165, 1.54) is 42.1 Å². The van der Waals surface area contributed by atoms with E-state index in [1.807, 2.05) is 11.3 Å². The number of rotatable bonds is 4. The first-order chi connectivity index (χ1) is 9.38. The third-order valence-electron chi connectivity index (χ3n) is 4.16. The highest BCUT2D eigenvalue weighted by atomic mass is 32.1. The zero-order valence-electron chi connectivity index (χ0n) is 11.0. The van der Waals surface area contributed by atoms with Crippen LogP contribution in [-0.4, -0.2) is 35.1 Å². The fourth-order valence-electron chi connectivity index (χ4n) is 2.95. The number of para-hydroxylation sites is 1. The first-order valence-electron chi connectivity index (χ1n) is 7.20. The van der Waals surface area contributed by atoms with Crippen LogP contribution in [0.3, 0.4) is 0 Å². The molecule has 0 spiro atoms. The van der Waals surface area contributed by atoms with Crippen molar-refractivity contribution < 1.29 is 0 Å². The van der Waals surface area contributed by atoms with Gasteiger partial charge < -0.3 is 5.32 Å². The zero-order chi connectivity index (χ0) is 12.7. The van der Waals surface area contributed by atoms with E-state index in [1.54, 1.807) is 0 Å². The summed E-state index contributed by atoms with van der Waals surface area (Å²) in [7, 11) is 0. The first kappa shape index (κ1) is 11.8. The Bertz CT molecular complexity index is 543. The van der Waals surface area contributed by atoms with Gasteiger partial charge in [-0.15, -0.1) is 11.3 Å². The second kappa shape index (κ2) is 4.85. The molecule has 1 N–H and O–H groups in total. The predicted octanol–water partition coefficient (Wildman–Crippen LogP) is 2.62. The summed E-state index contributed by atoms with van der Waals surface area (Å²) in [6.45, 7) is 3.43. The van der Waals surface area contributed by atoms with Crippen LogP contribution in [0.25, 0.3) is 10.2 Å². The average molecular weight is 273 g/mol. The number of fused-ring (bicyclic) bond motifs is 1. The second-order valence-corrected chi connectivity index (χ2v) is 6.78. The van der Waals surface area contributed by atoms with Crippen molar-refractivity contribution in [2.24, 2.45) is 0 Å². The van der Waals surface area contributed by atoms with E-state index in [9.17, 15) is 0 Å². The molecule has 4 heteroatoms. The molecule has 2 aromatic rings. The Kier molecular flexibility index (Phi) is 3.02. The van der Waals surface area contributed by atoms with E-state index in [4.69, 9.17) is 0 Å². The molecule has 2 aliphatic rings. The molecule has 1 unspecified atom stereocenters. The van der Waals surface area contributed by atoms with Gasteiger partial charge in [0.05, 0.1) is 10.2 Å². The van der Waals surface area contributed by atoms with Gasteiger partial charge in [0.15, 0.2) is 0 Å². The van der Waals surface area contributed by atoms with Crippen LogP contribution in [0.15, 0.2) is 24.3 Å². The Morgan fingerprint density at radius 1 is 1.26 bits per heavy atom. The largest absolute Gasteiger partial charge is 0.306 e. The molecule has 19 heavy (non-hydrogen) atoms. The molecule has 100 valence electrons. The Labute approximate surface area is 117 Å². The van der Waals surface area contributed by atoms with Crippen molar-refractivity contribution >= 4 is 21.6 Å². The summed E-state index contributed by atoms with van der Waals surface area (Å²) in [6.07, 6.45) is 4.14. The fraction of sp³-hybridized carbons (Fsp3) is 0.533. The van der Waals surface area contributed by atoms with E-state index in [-0.39, 0.29) is 0 Å². The van der Waals surface area contributed by atoms with Crippen LogP contribution in [0, 0.1) is 0 Å². The number of aromatic nitrogens is 1. The number of hydrogen-bond donors (Lipinski definition) is 1. The molecule has 1 saturated carbocycles. The third-order valence-corrected chi connectivity index (χ3v) is 5.20. The maximum Gasteiger partial charge on any atom is 0.108 e. The standard InChI is InChI=1S/C15H19N3S/c1-2-4-14-13(3-1)17-15(19-14)9-16-11-7-8-18(10-11)12-5-6-12/h1-4,11-12,16H,5-10H2. The SMILES string of the molecule is c1ccc2sc(CNC3CCN(C4CC4)C3)nc2c1. The fourth-order valence-corrected chi connectivity index (χ4v) is 3.87. The molecule has 1 atom stereocenters. The van der Waals surface area contributed by atoms with Crippen LogP contribution in [0.1, 0.15) is 24.3 Å². The van der Waals surface area contributed by atoms with Gasteiger partial charge in [-0.05, 0) is 31.4 Å². The van der Waals surface area contributed by atoms with E-state index in [0.29, 0.717) is 6.04 Å². The average Bonchev–Trinajstić information content (AvgIpc) is 3.03. The quantitative estimate of drug-likeness (QED) is 0.928. The highest BCUT2D eigenvalue weighted by Gasteiger charge is 2.34.